The van der Waals surface area contributed by atoms with Crippen LogP contribution in [0.3, 0.4) is 0 Å². The summed E-state index contributed by atoms with van der Waals surface area (Å²) in [7, 11) is 1.69. The zero-order chi connectivity index (χ0) is 41.6. The fourth-order valence-electron chi connectivity index (χ4n) is 9.32. The van der Waals surface area contributed by atoms with Gasteiger partial charge in [-0.3, -0.25) is 19.2 Å². The fourth-order valence-corrected chi connectivity index (χ4v) is 9.32. The molecule has 0 aliphatic carbocycles. The van der Waals surface area contributed by atoms with Crippen LogP contribution in [0.25, 0.3) is 0 Å². The molecule has 3 amide bonds. The number of likely N-dealkylation sites (tertiary alicyclic amines) is 1. The van der Waals surface area contributed by atoms with Gasteiger partial charge in [-0.25, -0.2) is 0 Å². The van der Waals surface area contributed by atoms with E-state index in [1.54, 1.807) is 29.0 Å². The van der Waals surface area contributed by atoms with Gasteiger partial charge in [0.15, 0.2) is 0 Å². The minimum atomic E-state index is -1.35. The molecule has 1 N–H and O–H groups in total. The van der Waals surface area contributed by atoms with E-state index in [-0.39, 0.29) is 31.2 Å². The molecule has 11 heteroatoms. The van der Waals surface area contributed by atoms with Crippen LogP contribution in [0.1, 0.15) is 63.7 Å². The molecule has 6 rings (SSSR count). The summed E-state index contributed by atoms with van der Waals surface area (Å²) in [6.45, 7) is 15.1. The number of allylic oxidation sites excluding steroid dienone is 1. The van der Waals surface area contributed by atoms with Crippen LogP contribution in [-0.2, 0) is 35.1 Å². The fraction of sp³-hybridized carbons (Fsp3) is 0.447. The number of likely N-dealkylation sites (N-methyl/N-ethyl adjacent to an activating group) is 1. The number of aliphatic hydroxyl groups is 1. The SMILES string of the molecule is C=CCCC(=O)N(C)[C@@H](C)[C@@H](OC(=O)[C@@H]1[C@H]2C(=O)N([C@@H](CO)Cc3ccccc3)[C@H](C(=O)N(CC=C)c3ccc(N(CC)CC)cc3)[C@]23CC[C@H]1O3)c1ccccc1. The summed E-state index contributed by atoms with van der Waals surface area (Å²) >= 11 is 0. The highest BCUT2D eigenvalue weighted by Crippen LogP contribution is 2.59. The Bertz CT molecular complexity index is 1920. The third-order valence-electron chi connectivity index (χ3n) is 12.4. The number of aliphatic hydroxyl groups excluding tert-OH is 1. The van der Waals surface area contributed by atoms with E-state index in [0.29, 0.717) is 30.5 Å². The Balaban J connectivity index is 1.38. The van der Waals surface area contributed by atoms with E-state index in [4.69, 9.17) is 9.47 Å². The van der Waals surface area contributed by atoms with Crippen LogP contribution < -0.4 is 9.80 Å². The highest BCUT2D eigenvalue weighted by molar-refractivity contribution is 6.05. The molecule has 0 saturated carbocycles. The van der Waals surface area contributed by atoms with Crippen molar-refractivity contribution in [2.75, 3.05) is 43.1 Å². The van der Waals surface area contributed by atoms with Crippen LogP contribution in [-0.4, -0.2) is 102 Å². The van der Waals surface area contributed by atoms with Crippen molar-refractivity contribution in [3.05, 3.63) is 121 Å². The first-order chi connectivity index (χ1) is 28.0. The number of anilines is 2. The number of ether oxygens (including phenoxy) is 2. The number of carbonyl (C=O) groups excluding carboxylic acids is 4. The van der Waals surface area contributed by atoms with Gasteiger partial charge in [0.25, 0.3) is 5.91 Å². The van der Waals surface area contributed by atoms with Crippen molar-refractivity contribution < 1.29 is 33.8 Å². The van der Waals surface area contributed by atoms with Gasteiger partial charge >= 0.3 is 5.97 Å². The van der Waals surface area contributed by atoms with E-state index < -0.39 is 66.3 Å². The van der Waals surface area contributed by atoms with Crippen LogP contribution in [0.5, 0.6) is 0 Å². The summed E-state index contributed by atoms with van der Waals surface area (Å²) in [4.78, 5) is 65.3. The number of fused-ring (bicyclic) bond motifs is 1. The summed E-state index contributed by atoms with van der Waals surface area (Å²) in [6, 6.07) is 24.1. The van der Waals surface area contributed by atoms with Crippen molar-refractivity contribution in [2.45, 2.75) is 88.8 Å². The summed E-state index contributed by atoms with van der Waals surface area (Å²) in [5.74, 6) is -3.58. The number of carbonyl (C=O) groups is 4. The van der Waals surface area contributed by atoms with Crippen molar-refractivity contribution in [1.29, 1.82) is 0 Å². The smallest absolute Gasteiger partial charge is 0.313 e. The van der Waals surface area contributed by atoms with E-state index in [1.807, 2.05) is 91.9 Å². The molecule has 0 radical (unpaired) electrons. The molecule has 0 aromatic heterocycles. The van der Waals surface area contributed by atoms with Gasteiger partial charge in [-0.05, 0) is 81.8 Å². The number of amides is 3. The monoisotopic (exact) mass is 790 g/mol. The Kier molecular flexibility index (Phi) is 13.5. The molecule has 58 heavy (non-hydrogen) atoms. The zero-order valence-corrected chi connectivity index (χ0v) is 34.2. The number of nitrogens with zero attached hydrogens (tertiary/aromatic N) is 4. The van der Waals surface area contributed by atoms with Gasteiger partial charge in [-0.2, -0.15) is 0 Å². The standard InChI is InChI=1S/C47H58N4O7/c1-7-11-22-39(53)48(6)32(5)42(34-20-16-13-17-21-34)57-46(56)40-38-27-28-47(58-38)41(40)44(54)51(37(31-52)30-33-18-14-12-15-19-33)43(47)45(55)50(29-8-2)36-25-23-35(24-26-36)49(9-3)10-4/h7-8,12-21,23-26,32,37-38,40-43,52H,1-2,9-11,22,27-31H2,3-6H3/t32-,37+,38+,40-,41-,42+,43+,47-/m0/s1. The molecule has 2 bridgehead atoms. The summed E-state index contributed by atoms with van der Waals surface area (Å²) in [6.07, 6.45) is 3.70. The largest absolute Gasteiger partial charge is 0.455 e. The van der Waals surface area contributed by atoms with Gasteiger partial charge in [-0.1, -0.05) is 72.8 Å². The summed E-state index contributed by atoms with van der Waals surface area (Å²) in [5.41, 5.74) is 1.89. The molecule has 3 aromatic rings. The molecule has 3 heterocycles. The second-order valence-corrected chi connectivity index (χ2v) is 15.6. The molecule has 8 atom stereocenters. The number of benzene rings is 3. The number of rotatable bonds is 19. The highest BCUT2D eigenvalue weighted by Gasteiger charge is 2.76. The highest BCUT2D eigenvalue weighted by atomic mass is 16.6. The lowest BCUT2D eigenvalue weighted by Crippen LogP contribution is -2.59. The Morgan fingerprint density at radius 1 is 0.966 bits per heavy atom. The lowest BCUT2D eigenvalue weighted by Gasteiger charge is -2.39. The summed E-state index contributed by atoms with van der Waals surface area (Å²) in [5, 5.41) is 11.0. The van der Waals surface area contributed by atoms with Crippen LogP contribution >= 0.6 is 0 Å². The molecular weight excluding hydrogens is 733 g/mol. The van der Waals surface area contributed by atoms with Crippen LogP contribution in [0.15, 0.2) is 110 Å². The number of hydrogen-bond acceptors (Lipinski definition) is 8. The molecule has 0 unspecified atom stereocenters. The molecule has 3 aliphatic rings. The Morgan fingerprint density at radius 2 is 1.60 bits per heavy atom. The van der Waals surface area contributed by atoms with Crippen molar-refractivity contribution in [2.24, 2.45) is 11.8 Å². The van der Waals surface area contributed by atoms with Gasteiger partial charge in [0.2, 0.25) is 11.8 Å². The lowest BCUT2D eigenvalue weighted by atomic mass is 9.70. The predicted molar refractivity (Wildman–Crippen MR) is 225 cm³/mol. The first-order valence-electron chi connectivity index (χ1n) is 20.6. The molecule has 11 nitrogen and oxygen atoms in total. The molecular formula is C47H58N4O7. The minimum Gasteiger partial charge on any atom is -0.455 e. The third-order valence-corrected chi connectivity index (χ3v) is 12.4. The van der Waals surface area contributed by atoms with Crippen molar-refractivity contribution in [3.8, 4) is 0 Å². The Morgan fingerprint density at radius 3 is 2.21 bits per heavy atom. The van der Waals surface area contributed by atoms with Crippen LogP contribution in [0, 0.1) is 11.8 Å². The topological polar surface area (TPSA) is 120 Å². The van der Waals surface area contributed by atoms with Gasteiger partial charge in [0.1, 0.15) is 17.7 Å². The maximum atomic E-state index is 15.3. The Labute approximate surface area is 342 Å². The molecule has 3 fully saturated rings. The Hall–Kier alpha value is -5.26. The normalized spacial score (nSPS) is 23.4. The van der Waals surface area contributed by atoms with Gasteiger partial charge in [0.05, 0.1) is 36.6 Å². The maximum Gasteiger partial charge on any atom is 0.313 e. The average molecular weight is 791 g/mol. The van der Waals surface area contributed by atoms with E-state index in [9.17, 15) is 14.7 Å². The third kappa shape index (κ3) is 8.07. The van der Waals surface area contributed by atoms with Gasteiger partial charge in [0, 0.05) is 44.5 Å². The molecule has 308 valence electrons. The van der Waals surface area contributed by atoms with Crippen LogP contribution in [0.4, 0.5) is 11.4 Å². The second-order valence-electron chi connectivity index (χ2n) is 15.6. The molecule has 3 aliphatic heterocycles. The number of hydrogen-bond donors (Lipinski definition) is 1. The van der Waals surface area contributed by atoms with Gasteiger partial charge < -0.3 is 34.2 Å². The number of esters is 1. The lowest BCUT2D eigenvalue weighted by molar-refractivity contribution is -0.165. The van der Waals surface area contributed by atoms with E-state index in [2.05, 4.69) is 31.9 Å². The maximum absolute atomic E-state index is 15.3. The minimum absolute atomic E-state index is 0.116. The predicted octanol–water partition coefficient (Wildman–Crippen LogP) is 6.13. The van der Waals surface area contributed by atoms with Gasteiger partial charge in [-0.15, -0.1) is 13.2 Å². The quantitative estimate of drug-likeness (QED) is 0.114. The molecule has 3 aromatic carbocycles. The summed E-state index contributed by atoms with van der Waals surface area (Å²) < 4.78 is 13.2. The van der Waals surface area contributed by atoms with E-state index in [1.165, 1.54) is 4.90 Å². The average Bonchev–Trinajstić information content (AvgIpc) is 3.91. The molecule has 3 saturated heterocycles. The van der Waals surface area contributed by atoms with Crippen molar-refractivity contribution in [1.82, 2.24) is 9.80 Å². The van der Waals surface area contributed by atoms with E-state index in [0.717, 1.165) is 24.3 Å². The van der Waals surface area contributed by atoms with Crippen molar-refractivity contribution in [3.63, 3.8) is 0 Å². The first-order valence-corrected chi connectivity index (χ1v) is 20.6. The molecule has 1 spiro atoms. The second kappa shape index (κ2) is 18.6. The van der Waals surface area contributed by atoms with E-state index >= 15 is 9.59 Å². The first kappa shape index (κ1) is 42.3. The van der Waals surface area contributed by atoms with Crippen LogP contribution in [0.2, 0.25) is 0 Å². The zero-order valence-electron chi connectivity index (χ0n) is 34.2. The van der Waals surface area contributed by atoms with Crippen molar-refractivity contribution >= 4 is 35.1 Å².